The minimum atomic E-state index is -0.154. The van der Waals surface area contributed by atoms with E-state index in [-0.39, 0.29) is 17.4 Å². The van der Waals surface area contributed by atoms with Crippen LogP contribution in [0.1, 0.15) is 57.4 Å². The third-order valence-electron chi connectivity index (χ3n) is 3.27. The maximum atomic E-state index is 12.0. The monoisotopic (exact) mass is 302 g/mol. The molecule has 0 bridgehead atoms. The van der Waals surface area contributed by atoms with Gasteiger partial charge in [-0.3, -0.25) is 9.78 Å². The molecule has 0 spiro atoms. The molecule has 2 aromatic heterocycles. The topological polar surface area (TPSA) is 80.9 Å². The summed E-state index contributed by atoms with van der Waals surface area (Å²) in [5.74, 6) is 1.10. The van der Waals surface area contributed by atoms with Gasteiger partial charge in [-0.15, -0.1) is 0 Å². The van der Waals surface area contributed by atoms with E-state index in [2.05, 4.69) is 20.4 Å². The Kier molecular flexibility index (Phi) is 4.90. The van der Waals surface area contributed by atoms with E-state index in [1.807, 2.05) is 39.8 Å². The Morgan fingerprint density at radius 2 is 2.18 bits per heavy atom. The van der Waals surface area contributed by atoms with E-state index in [4.69, 9.17) is 4.52 Å². The van der Waals surface area contributed by atoms with Crippen LogP contribution in [0.3, 0.4) is 0 Å². The number of nitrogens with one attached hydrogen (secondary N) is 1. The summed E-state index contributed by atoms with van der Waals surface area (Å²) in [4.78, 5) is 20.4. The number of amides is 1. The normalized spacial score (nSPS) is 12.9. The number of hydrogen-bond acceptors (Lipinski definition) is 5. The molecule has 1 atom stereocenters. The lowest BCUT2D eigenvalue weighted by molar-refractivity contribution is -0.121. The minimum absolute atomic E-state index is 0.0492. The van der Waals surface area contributed by atoms with Crippen molar-refractivity contribution >= 4 is 5.91 Å². The molecule has 1 amide bonds. The molecule has 0 radical (unpaired) electrons. The molecule has 1 N–H and O–H groups in total. The number of nitrogens with zero attached hydrogens (tertiary/aromatic N) is 3. The average Bonchev–Trinajstić information content (AvgIpc) is 2.95. The zero-order valence-electron chi connectivity index (χ0n) is 13.5. The lowest BCUT2D eigenvalue weighted by Crippen LogP contribution is -2.26. The molecule has 0 saturated carbocycles. The van der Waals surface area contributed by atoms with Gasteiger partial charge in [-0.2, -0.15) is 4.98 Å². The summed E-state index contributed by atoms with van der Waals surface area (Å²) in [5, 5.41) is 6.88. The van der Waals surface area contributed by atoms with Gasteiger partial charge in [0.25, 0.3) is 0 Å². The highest BCUT2D eigenvalue weighted by molar-refractivity contribution is 5.76. The van der Waals surface area contributed by atoms with Crippen LogP contribution >= 0.6 is 0 Å². The van der Waals surface area contributed by atoms with Crippen molar-refractivity contribution < 1.29 is 9.32 Å². The van der Waals surface area contributed by atoms with Gasteiger partial charge in [0.15, 0.2) is 5.82 Å². The average molecular weight is 302 g/mol. The van der Waals surface area contributed by atoms with Gasteiger partial charge in [0.1, 0.15) is 0 Å². The molecular formula is C16H22N4O2. The lowest BCUT2D eigenvalue weighted by Gasteiger charge is -2.13. The predicted octanol–water partition coefficient (Wildman–Crippen LogP) is 2.57. The molecule has 6 nitrogen and oxygen atoms in total. The minimum Gasteiger partial charge on any atom is -0.350 e. The van der Waals surface area contributed by atoms with Crippen molar-refractivity contribution in [1.29, 1.82) is 0 Å². The van der Waals surface area contributed by atoms with Crippen LogP contribution in [0, 0.1) is 0 Å². The van der Waals surface area contributed by atoms with Crippen LogP contribution in [0.2, 0.25) is 0 Å². The predicted molar refractivity (Wildman–Crippen MR) is 82.1 cm³/mol. The number of pyridine rings is 1. The molecule has 1 unspecified atom stereocenters. The van der Waals surface area contributed by atoms with Crippen LogP contribution in [-0.2, 0) is 16.6 Å². The third-order valence-corrected chi connectivity index (χ3v) is 3.27. The summed E-state index contributed by atoms with van der Waals surface area (Å²) in [6, 6.07) is 3.71. The Bertz CT molecular complexity index is 617. The van der Waals surface area contributed by atoms with Crippen LogP contribution in [-0.4, -0.2) is 21.0 Å². The fraction of sp³-hybridized carbons (Fsp3) is 0.500. The molecular weight excluding hydrogens is 280 g/mol. The van der Waals surface area contributed by atoms with Crippen LogP contribution in [0.5, 0.6) is 0 Å². The van der Waals surface area contributed by atoms with Crippen molar-refractivity contribution in [2.75, 3.05) is 0 Å². The van der Waals surface area contributed by atoms with Gasteiger partial charge >= 0.3 is 0 Å². The van der Waals surface area contributed by atoms with Crippen LogP contribution in [0.25, 0.3) is 0 Å². The summed E-state index contributed by atoms with van der Waals surface area (Å²) in [5.41, 5.74) is 0.822. The maximum Gasteiger partial charge on any atom is 0.227 e. The van der Waals surface area contributed by atoms with Crippen molar-refractivity contribution in [3.63, 3.8) is 0 Å². The molecule has 2 heterocycles. The summed E-state index contributed by atoms with van der Waals surface area (Å²) >= 11 is 0. The van der Waals surface area contributed by atoms with Crippen LogP contribution < -0.4 is 5.32 Å². The Labute approximate surface area is 130 Å². The number of hydrogen-bond donors (Lipinski definition) is 1. The number of rotatable bonds is 5. The van der Waals surface area contributed by atoms with E-state index >= 15 is 0 Å². The Hall–Kier alpha value is -2.24. The zero-order valence-corrected chi connectivity index (χ0v) is 13.5. The Balaban J connectivity index is 1.84. The summed E-state index contributed by atoms with van der Waals surface area (Å²) < 4.78 is 5.18. The zero-order chi connectivity index (χ0) is 16.2. The maximum absolute atomic E-state index is 12.0. The molecule has 0 aromatic carbocycles. The summed E-state index contributed by atoms with van der Waals surface area (Å²) in [7, 11) is 0. The standard InChI is InChI=1S/C16H22N4O2/c1-11(12-6-5-9-17-10-12)18-13(21)7-8-14-19-15(20-22-14)16(2,3)4/h5-6,9-11H,7-8H2,1-4H3,(H,18,21). The van der Waals surface area contributed by atoms with E-state index in [1.165, 1.54) is 0 Å². The first-order valence-corrected chi connectivity index (χ1v) is 7.38. The van der Waals surface area contributed by atoms with Gasteiger partial charge in [0.05, 0.1) is 6.04 Å². The molecule has 0 aliphatic heterocycles. The van der Waals surface area contributed by atoms with E-state index < -0.39 is 0 Å². The highest BCUT2D eigenvalue weighted by Gasteiger charge is 2.21. The molecule has 2 rings (SSSR count). The molecule has 22 heavy (non-hydrogen) atoms. The fourth-order valence-corrected chi connectivity index (χ4v) is 1.91. The number of aryl methyl sites for hydroxylation is 1. The highest BCUT2D eigenvalue weighted by Crippen LogP contribution is 2.18. The van der Waals surface area contributed by atoms with E-state index in [9.17, 15) is 4.79 Å². The molecule has 0 aliphatic rings. The quantitative estimate of drug-likeness (QED) is 0.918. The largest absolute Gasteiger partial charge is 0.350 e. The lowest BCUT2D eigenvalue weighted by atomic mass is 9.96. The van der Waals surface area contributed by atoms with Crippen molar-refractivity contribution in [2.45, 2.75) is 52.0 Å². The van der Waals surface area contributed by atoms with Gasteiger partial charge in [-0.1, -0.05) is 32.0 Å². The third kappa shape index (κ3) is 4.38. The van der Waals surface area contributed by atoms with Gasteiger partial charge in [-0.05, 0) is 18.6 Å². The number of carbonyl (C=O) groups excluding carboxylic acids is 1. The van der Waals surface area contributed by atoms with Gasteiger partial charge < -0.3 is 9.84 Å². The second-order valence-corrected chi connectivity index (χ2v) is 6.34. The van der Waals surface area contributed by atoms with Crippen LogP contribution in [0.15, 0.2) is 29.0 Å². The number of carbonyl (C=O) groups is 1. The second-order valence-electron chi connectivity index (χ2n) is 6.34. The van der Waals surface area contributed by atoms with Crippen LogP contribution in [0.4, 0.5) is 0 Å². The van der Waals surface area contributed by atoms with Crippen molar-refractivity contribution in [1.82, 2.24) is 20.4 Å². The van der Waals surface area contributed by atoms with Crippen molar-refractivity contribution in [2.24, 2.45) is 0 Å². The van der Waals surface area contributed by atoms with Crippen molar-refractivity contribution in [3.05, 3.63) is 41.8 Å². The molecule has 0 saturated heterocycles. The van der Waals surface area contributed by atoms with Crippen molar-refractivity contribution in [3.8, 4) is 0 Å². The molecule has 0 fully saturated rings. The molecule has 118 valence electrons. The highest BCUT2D eigenvalue weighted by atomic mass is 16.5. The van der Waals surface area contributed by atoms with E-state index in [0.717, 1.165) is 5.56 Å². The first-order chi connectivity index (χ1) is 10.4. The molecule has 2 aromatic rings. The van der Waals surface area contributed by atoms with Gasteiger partial charge in [-0.25, -0.2) is 0 Å². The summed E-state index contributed by atoms with van der Waals surface area (Å²) in [6.45, 7) is 7.98. The fourth-order valence-electron chi connectivity index (χ4n) is 1.91. The Morgan fingerprint density at radius 3 is 2.77 bits per heavy atom. The summed E-state index contributed by atoms with van der Waals surface area (Å²) in [6.07, 6.45) is 4.21. The molecule has 0 aliphatic carbocycles. The first-order valence-electron chi connectivity index (χ1n) is 7.38. The molecule has 6 heteroatoms. The number of aromatic nitrogens is 3. The smallest absolute Gasteiger partial charge is 0.227 e. The first kappa shape index (κ1) is 16.1. The SMILES string of the molecule is CC(NC(=O)CCc1nc(C(C)(C)C)no1)c1cccnc1. The van der Waals surface area contributed by atoms with Gasteiger partial charge in [0, 0.05) is 30.7 Å². The van der Waals surface area contributed by atoms with E-state index in [0.29, 0.717) is 24.6 Å². The van der Waals surface area contributed by atoms with E-state index in [1.54, 1.807) is 12.4 Å². The Morgan fingerprint density at radius 1 is 1.41 bits per heavy atom. The second kappa shape index (κ2) is 6.68. The van der Waals surface area contributed by atoms with Gasteiger partial charge in [0.2, 0.25) is 11.8 Å².